The Morgan fingerprint density at radius 3 is 2.63 bits per heavy atom. The zero-order valence-electron chi connectivity index (χ0n) is 11.5. The summed E-state index contributed by atoms with van der Waals surface area (Å²) in [7, 11) is 1.52. The van der Waals surface area contributed by atoms with Gasteiger partial charge in [0.15, 0.2) is 0 Å². The van der Waals surface area contributed by atoms with Crippen LogP contribution < -0.4 is 0 Å². The highest BCUT2D eigenvalue weighted by Gasteiger charge is 2.20. The predicted octanol–water partition coefficient (Wildman–Crippen LogP) is 3.06. The van der Waals surface area contributed by atoms with E-state index in [9.17, 15) is 9.18 Å². The van der Waals surface area contributed by atoms with Crippen molar-refractivity contribution in [3.8, 4) is 6.07 Å². The molecule has 0 saturated heterocycles. The molecular weight excluding hydrogens is 247 g/mol. The van der Waals surface area contributed by atoms with Crippen molar-refractivity contribution in [3.63, 3.8) is 0 Å². The first kappa shape index (κ1) is 15.0. The van der Waals surface area contributed by atoms with E-state index in [1.807, 2.05) is 0 Å². The monoisotopic (exact) mass is 264 g/mol. The number of hydrogen-bond donors (Lipinski definition) is 0. The average Bonchev–Trinajstić information content (AvgIpc) is 2.29. The highest BCUT2D eigenvalue weighted by molar-refractivity contribution is 5.67. The smallest absolute Gasteiger partial charge is 0.410 e. The minimum atomic E-state index is -0.599. The fourth-order valence-corrected chi connectivity index (χ4v) is 1.45. The highest BCUT2D eigenvalue weighted by Crippen LogP contribution is 2.15. The second-order valence-corrected chi connectivity index (χ2v) is 5.23. The molecule has 1 amide bonds. The van der Waals surface area contributed by atoms with Crippen LogP contribution in [0.3, 0.4) is 0 Å². The molecule has 102 valence electrons. The number of nitriles is 1. The molecule has 1 aromatic rings. The van der Waals surface area contributed by atoms with E-state index in [1.165, 1.54) is 24.1 Å². The fraction of sp³-hybridized carbons (Fsp3) is 0.429. The van der Waals surface area contributed by atoms with Gasteiger partial charge in [-0.05, 0) is 26.8 Å². The van der Waals surface area contributed by atoms with Crippen molar-refractivity contribution in [2.45, 2.75) is 32.9 Å². The van der Waals surface area contributed by atoms with Gasteiger partial charge < -0.3 is 9.64 Å². The third-order valence-electron chi connectivity index (χ3n) is 2.31. The van der Waals surface area contributed by atoms with Crippen LogP contribution in [0.15, 0.2) is 18.2 Å². The number of rotatable bonds is 2. The lowest BCUT2D eigenvalue weighted by molar-refractivity contribution is 0.0283. The summed E-state index contributed by atoms with van der Waals surface area (Å²) in [5.41, 5.74) is -0.347. The standard InChI is InChI=1S/C14H17FN2O2/c1-14(2,3)19-13(18)17(4)9-11-7-5-6-10(8-16)12(11)15/h5-7H,9H2,1-4H3. The maximum atomic E-state index is 13.8. The molecule has 0 aliphatic heterocycles. The number of carbonyl (C=O) groups excluding carboxylic acids is 1. The van der Waals surface area contributed by atoms with Crippen LogP contribution in [0.1, 0.15) is 31.9 Å². The number of nitrogens with zero attached hydrogens (tertiary/aromatic N) is 2. The summed E-state index contributed by atoms with van der Waals surface area (Å²) in [6.45, 7) is 5.33. The largest absolute Gasteiger partial charge is 0.444 e. The van der Waals surface area contributed by atoms with Gasteiger partial charge in [0.2, 0.25) is 0 Å². The highest BCUT2D eigenvalue weighted by atomic mass is 19.1. The second-order valence-electron chi connectivity index (χ2n) is 5.23. The van der Waals surface area contributed by atoms with Crippen LogP contribution in [0, 0.1) is 17.1 Å². The van der Waals surface area contributed by atoms with Crippen LogP contribution in [0.5, 0.6) is 0 Å². The summed E-state index contributed by atoms with van der Waals surface area (Å²) in [5, 5.41) is 8.74. The SMILES string of the molecule is CN(Cc1cccc(C#N)c1F)C(=O)OC(C)(C)C. The van der Waals surface area contributed by atoms with E-state index < -0.39 is 17.5 Å². The summed E-state index contributed by atoms with van der Waals surface area (Å²) in [6.07, 6.45) is -0.533. The molecule has 0 aromatic heterocycles. The molecule has 1 rings (SSSR count). The van der Waals surface area contributed by atoms with Crippen LogP contribution in [0.2, 0.25) is 0 Å². The van der Waals surface area contributed by atoms with Crippen LogP contribution >= 0.6 is 0 Å². The van der Waals surface area contributed by atoms with Crippen molar-refractivity contribution in [2.24, 2.45) is 0 Å². The minimum absolute atomic E-state index is 0.0323. The van der Waals surface area contributed by atoms with Gasteiger partial charge in [0, 0.05) is 12.6 Å². The van der Waals surface area contributed by atoms with Gasteiger partial charge in [-0.2, -0.15) is 5.26 Å². The number of ether oxygens (including phenoxy) is 1. The van der Waals surface area contributed by atoms with Crippen LogP contribution in [-0.4, -0.2) is 23.6 Å². The summed E-state index contributed by atoms with van der Waals surface area (Å²) < 4.78 is 19.0. The minimum Gasteiger partial charge on any atom is -0.444 e. The van der Waals surface area contributed by atoms with E-state index in [2.05, 4.69) is 0 Å². The number of hydrogen-bond acceptors (Lipinski definition) is 3. The van der Waals surface area contributed by atoms with Crippen molar-refractivity contribution in [3.05, 3.63) is 35.1 Å². The number of carbonyl (C=O) groups is 1. The summed E-state index contributed by atoms with van der Waals surface area (Å²) in [4.78, 5) is 13.0. The number of amides is 1. The van der Waals surface area contributed by atoms with Crippen molar-refractivity contribution in [1.82, 2.24) is 4.90 Å². The molecule has 4 nitrogen and oxygen atoms in total. The maximum absolute atomic E-state index is 13.8. The molecule has 5 heteroatoms. The first-order valence-electron chi connectivity index (χ1n) is 5.86. The van der Waals surface area contributed by atoms with Gasteiger partial charge in [-0.25, -0.2) is 9.18 Å². The van der Waals surface area contributed by atoms with Crippen LogP contribution in [0.25, 0.3) is 0 Å². The Balaban J connectivity index is 2.81. The lowest BCUT2D eigenvalue weighted by atomic mass is 10.1. The zero-order valence-corrected chi connectivity index (χ0v) is 11.5. The third-order valence-corrected chi connectivity index (χ3v) is 2.31. The van der Waals surface area contributed by atoms with E-state index in [-0.39, 0.29) is 17.7 Å². The maximum Gasteiger partial charge on any atom is 0.410 e. The van der Waals surface area contributed by atoms with Crippen molar-refractivity contribution in [2.75, 3.05) is 7.05 Å². The Morgan fingerprint density at radius 1 is 1.47 bits per heavy atom. The normalized spacial score (nSPS) is 10.7. The van der Waals surface area contributed by atoms with Gasteiger partial charge >= 0.3 is 6.09 Å². The van der Waals surface area contributed by atoms with Crippen molar-refractivity contribution in [1.29, 1.82) is 5.26 Å². The van der Waals surface area contributed by atoms with Crippen LogP contribution in [0.4, 0.5) is 9.18 Å². The molecule has 0 heterocycles. The Morgan fingerprint density at radius 2 is 2.11 bits per heavy atom. The molecular formula is C14H17FN2O2. The summed E-state index contributed by atoms with van der Waals surface area (Å²) in [6, 6.07) is 6.28. The molecule has 0 radical (unpaired) electrons. The lowest BCUT2D eigenvalue weighted by Gasteiger charge is -2.24. The van der Waals surface area contributed by atoms with E-state index in [1.54, 1.807) is 32.9 Å². The Hall–Kier alpha value is -2.09. The van der Waals surface area contributed by atoms with E-state index >= 15 is 0 Å². The molecule has 0 spiro atoms. The van der Waals surface area contributed by atoms with E-state index in [0.717, 1.165) is 0 Å². The second kappa shape index (κ2) is 5.70. The molecule has 19 heavy (non-hydrogen) atoms. The summed E-state index contributed by atoms with van der Waals surface area (Å²) in [5.74, 6) is -0.597. The van der Waals surface area contributed by atoms with Gasteiger partial charge in [0.1, 0.15) is 17.5 Å². The Kier molecular flexibility index (Phi) is 4.49. The predicted molar refractivity (Wildman–Crippen MR) is 68.8 cm³/mol. The Bertz CT molecular complexity index is 515. The van der Waals surface area contributed by atoms with Crippen molar-refractivity contribution >= 4 is 6.09 Å². The van der Waals surface area contributed by atoms with Gasteiger partial charge in [0.05, 0.1) is 12.1 Å². The summed E-state index contributed by atoms with van der Waals surface area (Å²) >= 11 is 0. The van der Waals surface area contributed by atoms with Gasteiger partial charge in [-0.1, -0.05) is 12.1 Å². The molecule has 0 aliphatic rings. The van der Waals surface area contributed by atoms with E-state index in [0.29, 0.717) is 0 Å². The molecule has 0 saturated carbocycles. The first-order chi connectivity index (χ1) is 8.74. The molecule has 1 aromatic carbocycles. The molecule has 0 N–H and O–H groups in total. The lowest BCUT2D eigenvalue weighted by Crippen LogP contribution is -2.34. The van der Waals surface area contributed by atoms with Crippen molar-refractivity contribution < 1.29 is 13.9 Å². The van der Waals surface area contributed by atoms with Gasteiger partial charge in [0.25, 0.3) is 0 Å². The zero-order chi connectivity index (χ0) is 14.6. The molecule has 0 bridgehead atoms. The molecule has 0 aliphatic carbocycles. The van der Waals surface area contributed by atoms with E-state index in [4.69, 9.17) is 10.00 Å². The average molecular weight is 264 g/mol. The first-order valence-corrected chi connectivity index (χ1v) is 5.86. The third kappa shape index (κ3) is 4.25. The number of halogens is 1. The molecule has 0 fully saturated rings. The quantitative estimate of drug-likeness (QED) is 0.824. The van der Waals surface area contributed by atoms with Crippen LogP contribution in [-0.2, 0) is 11.3 Å². The topological polar surface area (TPSA) is 53.3 Å². The van der Waals surface area contributed by atoms with Gasteiger partial charge in [-0.15, -0.1) is 0 Å². The number of benzene rings is 1. The van der Waals surface area contributed by atoms with Gasteiger partial charge in [-0.3, -0.25) is 0 Å². The Labute approximate surface area is 112 Å². The fourth-order valence-electron chi connectivity index (χ4n) is 1.45. The molecule has 0 unspecified atom stereocenters. The molecule has 0 atom stereocenters.